The minimum Gasteiger partial charge on any atom is -0.315 e. The van der Waals surface area contributed by atoms with Crippen molar-refractivity contribution < 1.29 is 8.42 Å². The van der Waals surface area contributed by atoms with Crippen molar-refractivity contribution in [3.8, 4) is 0 Å². The molecule has 0 radical (unpaired) electrons. The van der Waals surface area contributed by atoms with Crippen molar-refractivity contribution in [2.24, 2.45) is 0 Å². The van der Waals surface area contributed by atoms with Crippen LogP contribution in [-0.2, 0) is 10.0 Å². The van der Waals surface area contributed by atoms with Crippen molar-refractivity contribution in [3.63, 3.8) is 0 Å². The van der Waals surface area contributed by atoms with Crippen molar-refractivity contribution in [1.29, 1.82) is 0 Å². The summed E-state index contributed by atoms with van der Waals surface area (Å²) in [6.07, 6.45) is 1.00. The van der Waals surface area contributed by atoms with Gasteiger partial charge in [-0.1, -0.05) is 25.1 Å². The highest BCUT2D eigenvalue weighted by molar-refractivity contribution is 7.93. The van der Waals surface area contributed by atoms with Crippen LogP contribution in [0, 0.1) is 0 Å². The van der Waals surface area contributed by atoms with E-state index < -0.39 is 15.3 Å². The Morgan fingerprint density at radius 2 is 1.84 bits per heavy atom. The van der Waals surface area contributed by atoms with Crippen molar-refractivity contribution in [1.82, 2.24) is 5.32 Å². The van der Waals surface area contributed by atoms with Gasteiger partial charge in [0.25, 0.3) is 0 Å². The van der Waals surface area contributed by atoms with Crippen LogP contribution in [0.1, 0.15) is 27.2 Å². The van der Waals surface area contributed by atoms with E-state index in [1.165, 1.54) is 4.31 Å². The number of hydrogen-bond acceptors (Lipinski definition) is 3. The van der Waals surface area contributed by atoms with Gasteiger partial charge in [0.15, 0.2) is 0 Å². The first-order valence-electron chi connectivity index (χ1n) is 6.81. The van der Waals surface area contributed by atoms with Gasteiger partial charge in [0.1, 0.15) is 0 Å². The predicted molar refractivity (Wildman–Crippen MR) is 81.0 cm³/mol. The Bertz CT molecular complexity index is 460. The minimum atomic E-state index is -3.31. The third-order valence-electron chi connectivity index (χ3n) is 3.01. The Morgan fingerprint density at radius 3 is 2.37 bits per heavy atom. The van der Waals surface area contributed by atoms with Crippen molar-refractivity contribution in [2.75, 3.05) is 23.9 Å². The first-order chi connectivity index (χ1) is 9.04. The number of nitrogens with zero attached hydrogens (tertiary/aromatic N) is 1. The van der Waals surface area contributed by atoms with E-state index >= 15 is 0 Å². The first-order valence-corrected chi connectivity index (χ1v) is 8.31. The average Bonchev–Trinajstić information content (AvgIpc) is 2.40. The van der Waals surface area contributed by atoms with Crippen LogP contribution in [0.2, 0.25) is 0 Å². The van der Waals surface area contributed by atoms with Gasteiger partial charge in [-0.2, -0.15) is 0 Å². The van der Waals surface area contributed by atoms with Crippen LogP contribution in [0.4, 0.5) is 5.69 Å². The van der Waals surface area contributed by atoms with Gasteiger partial charge in [-0.3, -0.25) is 4.31 Å². The molecular formula is C14H24N2O2S. The van der Waals surface area contributed by atoms with E-state index in [0.29, 0.717) is 13.1 Å². The molecule has 0 spiro atoms. The summed E-state index contributed by atoms with van der Waals surface area (Å²) in [5.41, 5.74) is 0.729. The lowest BCUT2D eigenvalue weighted by Gasteiger charge is -2.26. The number of nitrogens with one attached hydrogen (secondary N) is 1. The van der Waals surface area contributed by atoms with Gasteiger partial charge in [-0.15, -0.1) is 0 Å². The molecule has 1 N–H and O–H groups in total. The Morgan fingerprint density at radius 1 is 1.21 bits per heavy atom. The monoisotopic (exact) mass is 284 g/mol. The molecule has 0 bridgehead atoms. The summed E-state index contributed by atoms with van der Waals surface area (Å²) in [5, 5.41) is 2.73. The van der Waals surface area contributed by atoms with Gasteiger partial charge >= 0.3 is 0 Å². The molecule has 1 aromatic carbocycles. The molecule has 5 heteroatoms. The fourth-order valence-electron chi connectivity index (χ4n) is 1.91. The van der Waals surface area contributed by atoms with Crippen LogP contribution in [-0.4, -0.2) is 33.3 Å². The van der Waals surface area contributed by atoms with Crippen LogP contribution in [0.25, 0.3) is 0 Å². The second-order valence-corrected chi connectivity index (χ2v) is 6.84. The summed E-state index contributed by atoms with van der Waals surface area (Å²) in [4.78, 5) is 0. The number of benzene rings is 1. The van der Waals surface area contributed by atoms with Crippen molar-refractivity contribution in [2.45, 2.75) is 32.4 Å². The number of sulfonamides is 1. The van der Waals surface area contributed by atoms with Gasteiger partial charge in [0.05, 0.1) is 10.9 Å². The summed E-state index contributed by atoms with van der Waals surface area (Å²) in [5.74, 6) is 0. The van der Waals surface area contributed by atoms with Gasteiger partial charge in [0.2, 0.25) is 10.0 Å². The lowest BCUT2D eigenvalue weighted by Crippen LogP contribution is -2.42. The van der Waals surface area contributed by atoms with Crippen molar-refractivity contribution in [3.05, 3.63) is 30.3 Å². The molecule has 1 rings (SSSR count). The maximum atomic E-state index is 12.5. The molecule has 0 aliphatic rings. The lowest BCUT2D eigenvalue weighted by atomic mass is 10.3. The Labute approximate surface area is 116 Å². The zero-order valence-corrected chi connectivity index (χ0v) is 12.8. The van der Waals surface area contributed by atoms with E-state index in [1.807, 2.05) is 37.3 Å². The highest BCUT2D eigenvalue weighted by Gasteiger charge is 2.27. The normalized spacial score (nSPS) is 13.2. The van der Waals surface area contributed by atoms with Crippen LogP contribution >= 0.6 is 0 Å². The van der Waals surface area contributed by atoms with Gasteiger partial charge in [-0.25, -0.2) is 8.42 Å². The third-order valence-corrected chi connectivity index (χ3v) is 5.27. The molecular weight excluding hydrogens is 260 g/mol. The zero-order chi connectivity index (χ0) is 14.3. The second-order valence-electron chi connectivity index (χ2n) is 4.56. The second kappa shape index (κ2) is 7.50. The zero-order valence-electron chi connectivity index (χ0n) is 12.0. The standard InChI is InChI=1S/C14H24N2O2S/c1-4-11-15-12-13(3)19(17,18)16(5-2)14-9-7-6-8-10-14/h6-10,13,15H,4-5,11-12H2,1-3H3. The van der Waals surface area contributed by atoms with Crippen LogP contribution in [0.15, 0.2) is 30.3 Å². The molecule has 1 unspecified atom stereocenters. The molecule has 0 saturated carbocycles. The van der Waals surface area contributed by atoms with Gasteiger partial charge in [0, 0.05) is 13.1 Å². The largest absolute Gasteiger partial charge is 0.315 e. The SMILES string of the molecule is CCCNCC(C)S(=O)(=O)N(CC)c1ccccc1. The Kier molecular flexibility index (Phi) is 6.31. The maximum Gasteiger partial charge on any atom is 0.239 e. The quantitative estimate of drug-likeness (QED) is 0.745. The predicted octanol–water partition coefficient (Wildman–Crippen LogP) is 2.23. The maximum absolute atomic E-state index is 12.5. The highest BCUT2D eigenvalue weighted by Crippen LogP contribution is 2.19. The summed E-state index contributed by atoms with van der Waals surface area (Å²) < 4.78 is 26.6. The fourth-order valence-corrected chi connectivity index (χ4v) is 3.45. The molecule has 0 amide bonds. The molecule has 1 aromatic rings. The molecule has 0 aliphatic heterocycles. The van der Waals surface area contributed by atoms with E-state index in [1.54, 1.807) is 6.92 Å². The Hall–Kier alpha value is -1.07. The van der Waals surface area contributed by atoms with E-state index in [-0.39, 0.29) is 0 Å². The van der Waals surface area contributed by atoms with E-state index in [9.17, 15) is 8.42 Å². The molecule has 0 aromatic heterocycles. The third kappa shape index (κ3) is 4.21. The van der Waals surface area contributed by atoms with E-state index in [4.69, 9.17) is 0 Å². The van der Waals surface area contributed by atoms with Crippen molar-refractivity contribution >= 4 is 15.7 Å². The average molecular weight is 284 g/mol. The van der Waals surface area contributed by atoms with E-state index in [0.717, 1.165) is 18.7 Å². The molecule has 0 aliphatic carbocycles. The first kappa shape index (κ1) is 16.0. The summed E-state index contributed by atoms with van der Waals surface area (Å²) in [7, 11) is -3.31. The molecule has 108 valence electrons. The fraction of sp³-hybridized carbons (Fsp3) is 0.571. The summed E-state index contributed by atoms with van der Waals surface area (Å²) in [6, 6.07) is 9.25. The molecule has 1 atom stereocenters. The number of rotatable bonds is 8. The van der Waals surface area contributed by atoms with Crippen LogP contribution in [0.3, 0.4) is 0 Å². The molecule has 4 nitrogen and oxygen atoms in total. The van der Waals surface area contributed by atoms with Crippen LogP contribution < -0.4 is 9.62 Å². The summed E-state index contributed by atoms with van der Waals surface area (Å²) >= 11 is 0. The number of hydrogen-bond donors (Lipinski definition) is 1. The topological polar surface area (TPSA) is 49.4 Å². The molecule has 0 heterocycles. The number of para-hydroxylation sites is 1. The van der Waals surface area contributed by atoms with Gasteiger partial charge in [-0.05, 0) is 38.9 Å². The summed E-state index contributed by atoms with van der Waals surface area (Å²) in [6.45, 7) is 7.45. The Balaban J connectivity index is 2.84. The van der Waals surface area contributed by atoms with Gasteiger partial charge < -0.3 is 5.32 Å². The highest BCUT2D eigenvalue weighted by atomic mass is 32.2. The minimum absolute atomic E-state index is 0.431. The molecule has 0 fully saturated rings. The molecule has 0 saturated heterocycles. The van der Waals surface area contributed by atoms with E-state index in [2.05, 4.69) is 12.2 Å². The smallest absolute Gasteiger partial charge is 0.239 e. The van der Waals surface area contributed by atoms with Crippen LogP contribution in [0.5, 0.6) is 0 Å². The lowest BCUT2D eigenvalue weighted by molar-refractivity contribution is 0.567. The molecule has 19 heavy (non-hydrogen) atoms. The number of anilines is 1.